The van der Waals surface area contributed by atoms with Crippen LogP contribution in [0.1, 0.15) is 41.0 Å². The van der Waals surface area contributed by atoms with Gasteiger partial charge in [-0.05, 0) is 6.92 Å². The number of carbonyl (C=O) groups excluding carboxylic acids is 2. The zero-order valence-corrected chi connectivity index (χ0v) is 8.69. The van der Waals surface area contributed by atoms with Gasteiger partial charge in [-0.3, -0.25) is 4.79 Å². The van der Waals surface area contributed by atoms with Gasteiger partial charge in [0.25, 0.3) is 0 Å². The van der Waals surface area contributed by atoms with E-state index in [1.807, 2.05) is 0 Å². The lowest BCUT2D eigenvalue weighted by atomic mass is 10.1. The molecule has 1 heterocycles. The molecule has 0 spiro atoms. The van der Waals surface area contributed by atoms with Crippen molar-refractivity contribution in [3.05, 3.63) is 23.5 Å². The average Bonchev–Trinajstić information content (AvgIpc) is 2.28. The van der Waals surface area contributed by atoms with Crippen LogP contribution in [0, 0.1) is 0 Å². The van der Waals surface area contributed by atoms with Crippen LogP contribution in [0.2, 0.25) is 0 Å². The molecule has 0 atom stereocenters. The van der Waals surface area contributed by atoms with Crippen LogP contribution in [-0.4, -0.2) is 28.6 Å². The van der Waals surface area contributed by atoms with E-state index >= 15 is 0 Å². The second-order valence-corrected chi connectivity index (χ2v) is 2.81. The minimum Gasteiger partial charge on any atom is -0.462 e. The predicted molar refractivity (Wildman–Crippen MR) is 52.6 cm³/mol. The van der Waals surface area contributed by atoms with E-state index in [1.54, 1.807) is 13.8 Å². The molecule has 0 N–H and O–H groups in total. The summed E-state index contributed by atoms with van der Waals surface area (Å²) < 4.78 is 4.80. The highest BCUT2D eigenvalue weighted by Gasteiger charge is 2.17. The van der Waals surface area contributed by atoms with Gasteiger partial charge in [-0.2, -0.15) is 10.2 Å². The quantitative estimate of drug-likeness (QED) is 0.550. The van der Waals surface area contributed by atoms with E-state index in [1.165, 1.54) is 12.4 Å². The standard InChI is InChI=1S/C10H12N2O3/c1-3-9(13)7-5-11-12-6-8(7)10(14)15-4-2/h5-6H,3-4H2,1-2H3. The van der Waals surface area contributed by atoms with Crippen molar-refractivity contribution in [2.24, 2.45) is 0 Å². The molecule has 0 saturated heterocycles. The summed E-state index contributed by atoms with van der Waals surface area (Å²) in [6.45, 7) is 3.69. The lowest BCUT2D eigenvalue weighted by Crippen LogP contribution is -2.12. The highest BCUT2D eigenvalue weighted by Crippen LogP contribution is 2.09. The smallest absolute Gasteiger partial charge is 0.340 e. The average molecular weight is 208 g/mol. The normalized spacial score (nSPS) is 9.73. The summed E-state index contributed by atoms with van der Waals surface area (Å²) in [7, 11) is 0. The first-order chi connectivity index (χ1) is 7.20. The number of esters is 1. The second kappa shape index (κ2) is 5.19. The molecule has 0 aliphatic rings. The molecule has 0 aromatic carbocycles. The molecular formula is C10H12N2O3. The van der Waals surface area contributed by atoms with Crippen LogP contribution in [0.4, 0.5) is 0 Å². The minimum absolute atomic E-state index is 0.145. The van der Waals surface area contributed by atoms with E-state index in [0.717, 1.165) is 0 Å². The van der Waals surface area contributed by atoms with Crippen LogP contribution in [0.25, 0.3) is 0 Å². The van der Waals surface area contributed by atoms with Crippen molar-refractivity contribution in [3.8, 4) is 0 Å². The summed E-state index contributed by atoms with van der Waals surface area (Å²) in [5.74, 6) is -0.683. The Labute approximate surface area is 87.5 Å². The van der Waals surface area contributed by atoms with Crippen LogP contribution in [0.3, 0.4) is 0 Å². The predicted octanol–water partition coefficient (Wildman–Crippen LogP) is 1.25. The van der Waals surface area contributed by atoms with Gasteiger partial charge in [0.15, 0.2) is 5.78 Å². The summed E-state index contributed by atoms with van der Waals surface area (Å²) in [6, 6.07) is 0. The number of carbonyl (C=O) groups is 2. The number of nitrogens with zero attached hydrogens (tertiary/aromatic N) is 2. The third-order valence-corrected chi connectivity index (χ3v) is 1.85. The molecule has 5 nitrogen and oxygen atoms in total. The van der Waals surface area contributed by atoms with Gasteiger partial charge in [-0.1, -0.05) is 6.92 Å². The number of rotatable bonds is 4. The van der Waals surface area contributed by atoms with Crippen LogP contribution in [0.5, 0.6) is 0 Å². The van der Waals surface area contributed by atoms with E-state index in [9.17, 15) is 9.59 Å². The van der Waals surface area contributed by atoms with Gasteiger partial charge in [0.2, 0.25) is 0 Å². The number of ether oxygens (including phenoxy) is 1. The first kappa shape index (κ1) is 11.3. The zero-order valence-electron chi connectivity index (χ0n) is 8.69. The number of Topliss-reactive ketones (excluding diaryl/α,β-unsaturated/α-hetero) is 1. The molecule has 80 valence electrons. The van der Waals surface area contributed by atoms with Crippen molar-refractivity contribution in [2.45, 2.75) is 20.3 Å². The summed E-state index contributed by atoms with van der Waals surface area (Å²) in [6.07, 6.45) is 2.86. The Kier molecular flexibility index (Phi) is 3.91. The van der Waals surface area contributed by atoms with Crippen molar-refractivity contribution in [2.75, 3.05) is 6.61 Å². The lowest BCUT2D eigenvalue weighted by molar-refractivity contribution is 0.0522. The molecule has 0 saturated carbocycles. The first-order valence-electron chi connectivity index (χ1n) is 4.71. The molecule has 0 amide bonds. The third kappa shape index (κ3) is 2.59. The molecule has 0 bridgehead atoms. The van der Waals surface area contributed by atoms with Crippen LogP contribution in [-0.2, 0) is 4.74 Å². The van der Waals surface area contributed by atoms with Crippen LogP contribution < -0.4 is 0 Å². The van der Waals surface area contributed by atoms with E-state index in [2.05, 4.69) is 10.2 Å². The minimum atomic E-state index is -0.538. The molecular weight excluding hydrogens is 196 g/mol. The van der Waals surface area contributed by atoms with E-state index < -0.39 is 5.97 Å². The second-order valence-electron chi connectivity index (χ2n) is 2.81. The fourth-order valence-electron chi connectivity index (χ4n) is 1.11. The molecule has 0 unspecified atom stereocenters. The van der Waals surface area contributed by atoms with Gasteiger partial charge in [0, 0.05) is 6.42 Å². The Morgan fingerprint density at radius 2 is 1.80 bits per heavy atom. The number of aromatic nitrogens is 2. The van der Waals surface area contributed by atoms with Crippen molar-refractivity contribution in [1.29, 1.82) is 0 Å². The van der Waals surface area contributed by atoms with Gasteiger partial charge < -0.3 is 4.74 Å². The van der Waals surface area contributed by atoms with Gasteiger partial charge in [0.1, 0.15) is 0 Å². The summed E-state index contributed by atoms with van der Waals surface area (Å²) in [5.41, 5.74) is 0.449. The maximum absolute atomic E-state index is 11.5. The van der Waals surface area contributed by atoms with Crippen molar-refractivity contribution >= 4 is 11.8 Å². The van der Waals surface area contributed by atoms with E-state index in [-0.39, 0.29) is 23.5 Å². The highest BCUT2D eigenvalue weighted by atomic mass is 16.5. The Hall–Kier alpha value is -1.78. The Morgan fingerprint density at radius 3 is 2.33 bits per heavy atom. The maximum Gasteiger partial charge on any atom is 0.340 e. The molecule has 0 fully saturated rings. The summed E-state index contributed by atoms with van der Waals surface area (Å²) in [5, 5.41) is 7.14. The SMILES string of the molecule is CCOC(=O)c1cnncc1C(=O)CC. The largest absolute Gasteiger partial charge is 0.462 e. The monoisotopic (exact) mass is 208 g/mol. The number of hydrogen-bond donors (Lipinski definition) is 0. The fourth-order valence-corrected chi connectivity index (χ4v) is 1.11. The van der Waals surface area contributed by atoms with Gasteiger partial charge in [-0.25, -0.2) is 4.79 Å². The molecule has 5 heteroatoms. The first-order valence-corrected chi connectivity index (χ1v) is 4.71. The number of hydrogen-bond acceptors (Lipinski definition) is 5. The molecule has 1 aromatic rings. The molecule has 0 aliphatic carbocycles. The molecule has 15 heavy (non-hydrogen) atoms. The zero-order chi connectivity index (χ0) is 11.3. The Balaban J connectivity index is 3.06. The Morgan fingerprint density at radius 1 is 1.20 bits per heavy atom. The number of ketones is 1. The Bertz CT molecular complexity index is 377. The van der Waals surface area contributed by atoms with Gasteiger partial charge in [-0.15, -0.1) is 0 Å². The van der Waals surface area contributed by atoms with Gasteiger partial charge in [0.05, 0.1) is 30.1 Å². The molecule has 0 aliphatic heterocycles. The van der Waals surface area contributed by atoms with E-state index in [0.29, 0.717) is 6.42 Å². The highest BCUT2D eigenvalue weighted by molar-refractivity contribution is 6.05. The fraction of sp³-hybridized carbons (Fsp3) is 0.400. The molecule has 1 rings (SSSR count). The molecule has 0 radical (unpaired) electrons. The van der Waals surface area contributed by atoms with Crippen molar-refractivity contribution in [1.82, 2.24) is 10.2 Å². The summed E-state index contributed by atoms with van der Waals surface area (Å²) in [4.78, 5) is 22.9. The van der Waals surface area contributed by atoms with E-state index in [4.69, 9.17) is 4.74 Å². The van der Waals surface area contributed by atoms with Gasteiger partial charge >= 0.3 is 5.97 Å². The van der Waals surface area contributed by atoms with Crippen molar-refractivity contribution < 1.29 is 14.3 Å². The lowest BCUT2D eigenvalue weighted by Gasteiger charge is -2.04. The maximum atomic E-state index is 11.5. The molecule has 1 aromatic heterocycles. The third-order valence-electron chi connectivity index (χ3n) is 1.85. The van der Waals surface area contributed by atoms with Crippen LogP contribution >= 0.6 is 0 Å². The summed E-state index contributed by atoms with van der Waals surface area (Å²) >= 11 is 0. The topological polar surface area (TPSA) is 69.2 Å². The van der Waals surface area contributed by atoms with Crippen LogP contribution in [0.15, 0.2) is 12.4 Å². The van der Waals surface area contributed by atoms with Crippen molar-refractivity contribution in [3.63, 3.8) is 0 Å².